The standard InChI is InChI=1S/C23H18N6O3S2/c30-21(13-18-15-33-23-27-20(14-29(18)23)16-5-2-1-3-6-16)26-17-7-9-19(10-8-17)34(31,32)28-22-24-11-4-12-25-22/h1-12,14-15H,13H2,(H,26,30)(H,24,25,28). The van der Waals surface area contributed by atoms with Crippen LogP contribution in [0.2, 0.25) is 0 Å². The Morgan fingerprint density at radius 1 is 0.971 bits per heavy atom. The fourth-order valence-electron chi connectivity index (χ4n) is 3.32. The molecule has 11 heteroatoms. The van der Waals surface area contributed by atoms with E-state index in [4.69, 9.17) is 0 Å². The van der Waals surface area contributed by atoms with Crippen LogP contribution in [0.3, 0.4) is 0 Å². The van der Waals surface area contributed by atoms with Gasteiger partial charge in [-0.25, -0.2) is 28.1 Å². The van der Waals surface area contributed by atoms with Crippen LogP contribution in [0.1, 0.15) is 5.69 Å². The van der Waals surface area contributed by atoms with Crippen LogP contribution in [0.25, 0.3) is 16.2 Å². The summed E-state index contributed by atoms with van der Waals surface area (Å²) < 4.78 is 29.2. The van der Waals surface area contributed by atoms with Crippen molar-refractivity contribution in [2.24, 2.45) is 0 Å². The number of rotatable bonds is 7. The van der Waals surface area contributed by atoms with Gasteiger partial charge in [-0.15, -0.1) is 11.3 Å². The van der Waals surface area contributed by atoms with E-state index in [1.165, 1.54) is 48.0 Å². The lowest BCUT2D eigenvalue weighted by Crippen LogP contribution is -2.16. The molecule has 0 spiro atoms. The van der Waals surface area contributed by atoms with E-state index in [0.717, 1.165) is 21.9 Å². The minimum atomic E-state index is -3.84. The molecule has 3 aromatic heterocycles. The molecule has 0 radical (unpaired) electrons. The molecule has 34 heavy (non-hydrogen) atoms. The normalized spacial score (nSPS) is 11.4. The number of carbonyl (C=O) groups excluding carboxylic acids is 1. The number of aromatic nitrogens is 4. The van der Waals surface area contributed by atoms with Gasteiger partial charge in [0.2, 0.25) is 11.9 Å². The summed E-state index contributed by atoms with van der Waals surface area (Å²) in [6.07, 6.45) is 4.96. The van der Waals surface area contributed by atoms with Crippen molar-refractivity contribution in [3.63, 3.8) is 0 Å². The number of nitrogens with zero attached hydrogens (tertiary/aromatic N) is 4. The number of hydrogen-bond donors (Lipinski definition) is 2. The number of carbonyl (C=O) groups is 1. The molecule has 2 N–H and O–H groups in total. The summed E-state index contributed by atoms with van der Waals surface area (Å²) in [6, 6.07) is 17.3. The Morgan fingerprint density at radius 2 is 1.71 bits per heavy atom. The zero-order chi connectivity index (χ0) is 23.5. The number of anilines is 2. The Hall–Kier alpha value is -4.09. The summed E-state index contributed by atoms with van der Waals surface area (Å²) in [5.74, 6) is -0.238. The lowest BCUT2D eigenvalue weighted by atomic mass is 10.2. The molecule has 0 aliphatic rings. The van der Waals surface area contributed by atoms with Crippen molar-refractivity contribution >= 4 is 43.9 Å². The maximum Gasteiger partial charge on any atom is 0.264 e. The van der Waals surface area contributed by atoms with Gasteiger partial charge in [0.05, 0.1) is 17.0 Å². The second kappa shape index (κ2) is 9.04. The van der Waals surface area contributed by atoms with Crippen LogP contribution in [0.4, 0.5) is 11.6 Å². The molecule has 9 nitrogen and oxygen atoms in total. The smallest absolute Gasteiger partial charge is 0.264 e. The Balaban J connectivity index is 1.26. The van der Waals surface area contributed by atoms with Gasteiger partial charge in [-0.2, -0.15) is 0 Å². The SMILES string of the molecule is O=C(Cc1csc2nc(-c3ccccc3)cn12)Nc1ccc(S(=O)(=O)Nc2ncccn2)cc1. The molecule has 0 saturated heterocycles. The van der Waals surface area contributed by atoms with Crippen LogP contribution in [0.5, 0.6) is 0 Å². The molecule has 0 saturated carbocycles. The van der Waals surface area contributed by atoms with Crippen LogP contribution in [-0.2, 0) is 21.2 Å². The second-order valence-corrected chi connectivity index (χ2v) is 9.82. The van der Waals surface area contributed by atoms with Crippen LogP contribution in [0.15, 0.2) is 89.5 Å². The lowest BCUT2D eigenvalue weighted by molar-refractivity contribution is -0.115. The average molecular weight is 491 g/mol. The fraction of sp³-hybridized carbons (Fsp3) is 0.0435. The molecule has 0 atom stereocenters. The summed E-state index contributed by atoms with van der Waals surface area (Å²) in [5, 5.41) is 4.71. The van der Waals surface area contributed by atoms with Crippen molar-refractivity contribution in [2.75, 3.05) is 10.0 Å². The van der Waals surface area contributed by atoms with Gasteiger partial charge in [0.25, 0.3) is 10.0 Å². The van der Waals surface area contributed by atoms with E-state index in [0.29, 0.717) is 5.69 Å². The molecular weight excluding hydrogens is 472 g/mol. The largest absolute Gasteiger partial charge is 0.326 e. The zero-order valence-corrected chi connectivity index (χ0v) is 19.3. The fourth-order valence-corrected chi connectivity index (χ4v) is 5.15. The second-order valence-electron chi connectivity index (χ2n) is 7.30. The summed E-state index contributed by atoms with van der Waals surface area (Å²) in [6.45, 7) is 0. The third-order valence-electron chi connectivity index (χ3n) is 4.93. The van der Waals surface area contributed by atoms with Gasteiger partial charge >= 0.3 is 0 Å². The van der Waals surface area contributed by atoms with Gasteiger partial charge in [-0.3, -0.25) is 9.20 Å². The van der Waals surface area contributed by atoms with Crippen LogP contribution < -0.4 is 10.0 Å². The van der Waals surface area contributed by atoms with E-state index in [1.807, 2.05) is 46.3 Å². The number of amides is 1. The van der Waals surface area contributed by atoms with E-state index in [-0.39, 0.29) is 23.2 Å². The number of benzene rings is 2. The van der Waals surface area contributed by atoms with Gasteiger partial charge in [0.1, 0.15) is 0 Å². The molecule has 1 amide bonds. The molecule has 0 fully saturated rings. The van der Waals surface area contributed by atoms with Crippen molar-refractivity contribution in [1.29, 1.82) is 0 Å². The number of imidazole rings is 1. The van der Waals surface area contributed by atoms with Gasteiger partial charge in [0.15, 0.2) is 4.96 Å². The average Bonchev–Trinajstić information content (AvgIpc) is 3.42. The number of thiazole rings is 1. The first-order chi connectivity index (χ1) is 16.5. The highest BCUT2D eigenvalue weighted by molar-refractivity contribution is 7.92. The van der Waals surface area contributed by atoms with E-state index >= 15 is 0 Å². The van der Waals surface area contributed by atoms with Gasteiger partial charge in [-0.1, -0.05) is 30.3 Å². The first-order valence-electron chi connectivity index (χ1n) is 10.2. The molecule has 0 bridgehead atoms. The molecule has 170 valence electrons. The highest BCUT2D eigenvalue weighted by Gasteiger charge is 2.16. The third kappa shape index (κ3) is 4.65. The zero-order valence-electron chi connectivity index (χ0n) is 17.6. The number of nitrogens with one attached hydrogen (secondary N) is 2. The minimum absolute atomic E-state index is 0.0168. The molecule has 0 unspecified atom stereocenters. The first kappa shape index (κ1) is 21.7. The summed E-state index contributed by atoms with van der Waals surface area (Å²) in [7, 11) is -3.84. The Bertz CT molecular complexity index is 1550. The molecule has 5 aromatic rings. The summed E-state index contributed by atoms with van der Waals surface area (Å²) in [5.41, 5.74) is 3.16. The number of fused-ring (bicyclic) bond motifs is 1. The molecule has 0 aliphatic heterocycles. The first-order valence-corrected chi connectivity index (χ1v) is 12.5. The van der Waals surface area contributed by atoms with E-state index < -0.39 is 10.0 Å². The third-order valence-corrected chi connectivity index (χ3v) is 7.17. The molecule has 2 aromatic carbocycles. The lowest BCUT2D eigenvalue weighted by Gasteiger charge is -2.08. The monoisotopic (exact) mass is 490 g/mol. The topological polar surface area (TPSA) is 118 Å². The van der Waals surface area contributed by atoms with E-state index in [1.54, 1.807) is 6.07 Å². The van der Waals surface area contributed by atoms with Gasteiger partial charge < -0.3 is 5.32 Å². The molecular formula is C23H18N6O3S2. The van der Waals surface area contributed by atoms with Crippen LogP contribution in [0, 0.1) is 0 Å². The van der Waals surface area contributed by atoms with E-state index in [9.17, 15) is 13.2 Å². The Kier molecular flexibility index (Phi) is 5.78. The predicted octanol–water partition coefficient (Wildman–Crippen LogP) is 3.83. The highest BCUT2D eigenvalue weighted by Crippen LogP contribution is 2.24. The maximum absolute atomic E-state index is 12.6. The van der Waals surface area contributed by atoms with Crippen molar-refractivity contribution in [2.45, 2.75) is 11.3 Å². The van der Waals surface area contributed by atoms with E-state index in [2.05, 4.69) is 25.0 Å². The summed E-state index contributed by atoms with van der Waals surface area (Å²) in [4.78, 5) is 25.8. The number of sulfonamides is 1. The molecule has 3 heterocycles. The van der Waals surface area contributed by atoms with Gasteiger partial charge in [-0.05, 0) is 30.3 Å². The quantitative estimate of drug-likeness (QED) is 0.358. The Labute approximate surface area is 199 Å². The van der Waals surface area contributed by atoms with Crippen molar-refractivity contribution in [3.8, 4) is 11.3 Å². The highest BCUT2D eigenvalue weighted by atomic mass is 32.2. The molecule has 5 rings (SSSR count). The van der Waals surface area contributed by atoms with Crippen LogP contribution in [-0.4, -0.2) is 33.7 Å². The Morgan fingerprint density at radius 3 is 2.44 bits per heavy atom. The van der Waals surface area contributed by atoms with Gasteiger partial charge in [0, 0.05) is 40.9 Å². The van der Waals surface area contributed by atoms with Crippen molar-refractivity contribution in [3.05, 3.63) is 90.3 Å². The number of hydrogen-bond acceptors (Lipinski definition) is 7. The molecule has 0 aliphatic carbocycles. The maximum atomic E-state index is 12.6. The van der Waals surface area contributed by atoms with Crippen molar-refractivity contribution < 1.29 is 13.2 Å². The predicted molar refractivity (Wildman–Crippen MR) is 130 cm³/mol. The minimum Gasteiger partial charge on any atom is -0.326 e. The van der Waals surface area contributed by atoms with Crippen LogP contribution >= 0.6 is 11.3 Å². The van der Waals surface area contributed by atoms with Crippen molar-refractivity contribution in [1.82, 2.24) is 19.4 Å². The summed E-state index contributed by atoms with van der Waals surface area (Å²) >= 11 is 1.47.